The van der Waals surface area contributed by atoms with E-state index in [1.54, 1.807) is 0 Å². The number of imidazole rings is 1. The molecule has 0 radical (unpaired) electrons. The lowest BCUT2D eigenvalue weighted by Crippen LogP contribution is -2.17. The van der Waals surface area contributed by atoms with E-state index in [4.69, 9.17) is 5.26 Å². The van der Waals surface area contributed by atoms with Crippen LogP contribution in [-0.4, -0.2) is 9.55 Å². The molecule has 0 aliphatic rings. The van der Waals surface area contributed by atoms with Crippen LogP contribution in [0.4, 0.5) is 0 Å². The molecule has 0 bridgehead atoms. The lowest BCUT2D eigenvalue weighted by molar-refractivity contribution is 0.526. The lowest BCUT2D eigenvalue weighted by Gasteiger charge is -2.17. The Kier molecular flexibility index (Phi) is 2.23. The summed E-state index contributed by atoms with van der Waals surface area (Å²) in [6.45, 7) is 6.41. The van der Waals surface area contributed by atoms with E-state index in [2.05, 4.69) is 36.4 Å². The van der Waals surface area contributed by atoms with Crippen molar-refractivity contribution in [3.63, 3.8) is 0 Å². The summed E-state index contributed by atoms with van der Waals surface area (Å²) in [6, 6.07) is 7.75. The zero-order valence-corrected chi connectivity index (χ0v) is 10.1. The first-order valence-electron chi connectivity index (χ1n) is 5.30. The minimum absolute atomic E-state index is 0.0145. The summed E-state index contributed by atoms with van der Waals surface area (Å²) >= 11 is 0. The third kappa shape index (κ3) is 1.57. The van der Waals surface area contributed by atoms with E-state index in [-0.39, 0.29) is 5.41 Å². The Bertz CT molecular complexity index is 579. The van der Waals surface area contributed by atoms with Crippen molar-refractivity contribution in [1.29, 1.82) is 5.26 Å². The molecule has 0 aliphatic heterocycles. The van der Waals surface area contributed by atoms with Gasteiger partial charge in [-0.15, -0.1) is 0 Å². The fourth-order valence-corrected chi connectivity index (χ4v) is 1.93. The highest BCUT2D eigenvalue weighted by Gasteiger charge is 2.21. The fourth-order valence-electron chi connectivity index (χ4n) is 1.93. The van der Waals surface area contributed by atoms with Gasteiger partial charge in [-0.25, -0.2) is 4.98 Å². The van der Waals surface area contributed by atoms with Crippen LogP contribution in [0.1, 0.15) is 32.2 Å². The van der Waals surface area contributed by atoms with E-state index < -0.39 is 0 Å². The molecule has 1 aromatic heterocycles. The Morgan fingerprint density at radius 1 is 1.31 bits per heavy atom. The van der Waals surface area contributed by atoms with Crippen LogP contribution >= 0.6 is 0 Å². The van der Waals surface area contributed by atoms with Gasteiger partial charge in [0.05, 0.1) is 22.7 Å². The lowest BCUT2D eigenvalue weighted by atomic mass is 9.96. The zero-order valence-electron chi connectivity index (χ0n) is 10.1. The number of nitrogens with zero attached hydrogens (tertiary/aromatic N) is 3. The van der Waals surface area contributed by atoms with Gasteiger partial charge < -0.3 is 4.57 Å². The Hall–Kier alpha value is -1.82. The van der Waals surface area contributed by atoms with Crippen LogP contribution in [0.25, 0.3) is 11.0 Å². The molecular formula is C13H15N3. The Morgan fingerprint density at radius 2 is 2.00 bits per heavy atom. The smallest absolute Gasteiger partial charge is 0.115 e. The van der Waals surface area contributed by atoms with E-state index in [9.17, 15) is 0 Å². The predicted molar refractivity (Wildman–Crippen MR) is 64.1 cm³/mol. The monoisotopic (exact) mass is 213 g/mol. The summed E-state index contributed by atoms with van der Waals surface area (Å²) in [5.74, 6) is 1.04. The van der Waals surface area contributed by atoms with Crippen LogP contribution in [0, 0.1) is 11.3 Å². The Balaban J connectivity index is 2.75. The van der Waals surface area contributed by atoms with E-state index in [1.807, 2.05) is 25.2 Å². The maximum atomic E-state index is 8.87. The summed E-state index contributed by atoms with van der Waals surface area (Å²) < 4.78 is 2.07. The summed E-state index contributed by atoms with van der Waals surface area (Å²) in [5.41, 5.74) is 2.66. The molecule has 0 amide bonds. The molecule has 16 heavy (non-hydrogen) atoms. The van der Waals surface area contributed by atoms with E-state index in [0.717, 1.165) is 16.9 Å². The molecule has 0 aliphatic carbocycles. The second-order valence-corrected chi connectivity index (χ2v) is 5.06. The SMILES string of the molecule is Cn1c(C(C)(C)C)nc2ccc(C#N)cc21. The van der Waals surface area contributed by atoms with E-state index >= 15 is 0 Å². The minimum atomic E-state index is 0.0145. The molecule has 3 heteroatoms. The van der Waals surface area contributed by atoms with E-state index in [0.29, 0.717) is 5.56 Å². The number of hydrogen-bond acceptors (Lipinski definition) is 2. The molecule has 0 atom stereocenters. The first kappa shape index (κ1) is 10.7. The van der Waals surface area contributed by atoms with Crippen molar-refractivity contribution in [1.82, 2.24) is 9.55 Å². The molecule has 1 aromatic carbocycles. The van der Waals surface area contributed by atoms with Crippen LogP contribution in [0.3, 0.4) is 0 Å². The normalized spacial score (nSPS) is 11.7. The molecule has 0 saturated heterocycles. The summed E-state index contributed by atoms with van der Waals surface area (Å²) in [4.78, 5) is 4.61. The molecule has 3 nitrogen and oxygen atoms in total. The number of aryl methyl sites for hydroxylation is 1. The summed E-state index contributed by atoms with van der Waals surface area (Å²) in [7, 11) is 2.00. The highest BCUT2D eigenvalue weighted by Crippen LogP contribution is 2.25. The zero-order chi connectivity index (χ0) is 11.9. The summed E-state index contributed by atoms with van der Waals surface area (Å²) in [6.07, 6.45) is 0. The quantitative estimate of drug-likeness (QED) is 0.675. The molecular weight excluding hydrogens is 198 g/mol. The van der Waals surface area contributed by atoms with Gasteiger partial charge in [-0.05, 0) is 18.2 Å². The van der Waals surface area contributed by atoms with Gasteiger partial charge in [0.25, 0.3) is 0 Å². The van der Waals surface area contributed by atoms with Gasteiger partial charge in [0, 0.05) is 12.5 Å². The molecule has 2 aromatic rings. The standard InChI is InChI=1S/C13H15N3/c1-13(2,3)12-15-10-6-5-9(8-14)7-11(10)16(12)4/h5-7H,1-4H3. The third-order valence-electron chi connectivity index (χ3n) is 2.68. The van der Waals surface area contributed by atoms with Gasteiger partial charge in [-0.2, -0.15) is 5.26 Å². The largest absolute Gasteiger partial charge is 0.331 e. The second kappa shape index (κ2) is 3.34. The maximum Gasteiger partial charge on any atom is 0.115 e. The molecule has 0 N–H and O–H groups in total. The first-order chi connectivity index (χ1) is 7.43. The van der Waals surface area contributed by atoms with Crippen LogP contribution in [0.5, 0.6) is 0 Å². The highest BCUT2D eigenvalue weighted by molar-refractivity contribution is 5.77. The first-order valence-corrected chi connectivity index (χ1v) is 5.30. The number of aromatic nitrogens is 2. The van der Waals surface area contributed by atoms with Gasteiger partial charge in [-0.1, -0.05) is 20.8 Å². The van der Waals surface area contributed by atoms with Crippen molar-refractivity contribution in [3.8, 4) is 6.07 Å². The third-order valence-corrected chi connectivity index (χ3v) is 2.68. The molecule has 0 spiro atoms. The fraction of sp³-hybridized carbons (Fsp3) is 0.385. The second-order valence-electron chi connectivity index (χ2n) is 5.06. The van der Waals surface area contributed by atoms with Crippen molar-refractivity contribution in [3.05, 3.63) is 29.6 Å². The van der Waals surface area contributed by atoms with Gasteiger partial charge in [0.1, 0.15) is 5.82 Å². The van der Waals surface area contributed by atoms with Crippen molar-refractivity contribution in [2.45, 2.75) is 26.2 Å². The van der Waals surface area contributed by atoms with Crippen LogP contribution in [0.15, 0.2) is 18.2 Å². The average Bonchev–Trinajstić information content (AvgIpc) is 2.55. The van der Waals surface area contributed by atoms with Gasteiger partial charge in [-0.3, -0.25) is 0 Å². The molecule has 0 fully saturated rings. The summed E-state index contributed by atoms with van der Waals surface area (Å²) in [5, 5.41) is 8.87. The van der Waals surface area contributed by atoms with Crippen LogP contribution in [-0.2, 0) is 12.5 Å². The van der Waals surface area contributed by atoms with Crippen molar-refractivity contribution in [2.75, 3.05) is 0 Å². The van der Waals surface area contributed by atoms with Crippen LogP contribution < -0.4 is 0 Å². The van der Waals surface area contributed by atoms with Crippen molar-refractivity contribution >= 4 is 11.0 Å². The van der Waals surface area contributed by atoms with Crippen LogP contribution in [0.2, 0.25) is 0 Å². The number of hydrogen-bond donors (Lipinski definition) is 0. The molecule has 0 unspecified atom stereocenters. The minimum Gasteiger partial charge on any atom is -0.331 e. The number of benzene rings is 1. The average molecular weight is 213 g/mol. The van der Waals surface area contributed by atoms with Gasteiger partial charge in [0.15, 0.2) is 0 Å². The van der Waals surface area contributed by atoms with Crippen molar-refractivity contribution < 1.29 is 0 Å². The molecule has 1 heterocycles. The van der Waals surface area contributed by atoms with Gasteiger partial charge in [0.2, 0.25) is 0 Å². The Labute approximate surface area is 95.3 Å². The predicted octanol–water partition coefficient (Wildman–Crippen LogP) is 2.74. The van der Waals surface area contributed by atoms with Crippen molar-refractivity contribution in [2.24, 2.45) is 7.05 Å². The maximum absolute atomic E-state index is 8.87. The van der Waals surface area contributed by atoms with E-state index in [1.165, 1.54) is 0 Å². The highest BCUT2D eigenvalue weighted by atomic mass is 15.1. The molecule has 2 rings (SSSR count). The molecule has 82 valence electrons. The number of nitriles is 1. The Morgan fingerprint density at radius 3 is 2.56 bits per heavy atom. The number of rotatable bonds is 0. The molecule has 0 saturated carbocycles. The van der Waals surface area contributed by atoms with Gasteiger partial charge >= 0.3 is 0 Å². The number of fused-ring (bicyclic) bond motifs is 1. The topological polar surface area (TPSA) is 41.6 Å².